The Hall–Kier alpha value is -2.14. The molecule has 56 heavy (non-hydrogen) atoms. The lowest BCUT2D eigenvalue weighted by atomic mass is 9.63. The Morgan fingerprint density at radius 2 is 0.750 bits per heavy atom. The number of carbonyl (C=O) groups is 2. The van der Waals surface area contributed by atoms with Crippen molar-refractivity contribution < 1.29 is 9.59 Å². The summed E-state index contributed by atoms with van der Waals surface area (Å²) in [4.78, 5) is 36.9. The molecule has 8 unspecified atom stereocenters. The predicted octanol–water partition coefficient (Wildman–Crippen LogP) is 7.82. The second-order valence-electron chi connectivity index (χ2n) is 23.4. The van der Waals surface area contributed by atoms with Crippen LogP contribution in [0.25, 0.3) is 0 Å². The molecule has 0 spiro atoms. The van der Waals surface area contributed by atoms with Crippen molar-refractivity contribution in [1.82, 2.24) is 0 Å². The number of hydrogen-bond acceptors (Lipinski definition) is 10. The van der Waals surface area contributed by atoms with Gasteiger partial charge in [0, 0.05) is 62.6 Å². The van der Waals surface area contributed by atoms with Gasteiger partial charge in [-0.3, -0.25) is 29.6 Å². The molecule has 4 aliphatic rings. The molecule has 4 saturated carbocycles. The summed E-state index contributed by atoms with van der Waals surface area (Å²) < 4.78 is 0. The normalized spacial score (nSPS) is 37.8. The Morgan fingerprint density at radius 1 is 0.446 bits per heavy atom. The summed E-state index contributed by atoms with van der Waals surface area (Å²) in [5.41, 5.74) is 26.5. The van der Waals surface area contributed by atoms with E-state index in [0.29, 0.717) is 28.3 Å². The molecule has 0 radical (unpaired) electrons. The Bertz CT molecular complexity index is 1360. The first-order valence-electron chi connectivity index (χ1n) is 21.5. The maximum Gasteiger partial charge on any atom is 0.182 e. The van der Waals surface area contributed by atoms with Crippen LogP contribution in [0.2, 0.25) is 0 Å². The molecule has 0 saturated heterocycles. The zero-order valence-corrected chi connectivity index (χ0v) is 38.0. The van der Waals surface area contributed by atoms with Crippen LogP contribution in [0, 0.1) is 43.3 Å². The van der Waals surface area contributed by atoms with E-state index in [4.69, 9.17) is 52.5 Å². The molecule has 4 aliphatic carbocycles. The van der Waals surface area contributed by atoms with Crippen LogP contribution in [0.5, 0.6) is 0 Å². The number of aliphatic imine (C=N–C) groups is 4. The van der Waals surface area contributed by atoms with Crippen LogP contribution in [-0.2, 0) is 9.59 Å². The smallest absolute Gasteiger partial charge is 0.182 e. The number of hydrogen-bond donors (Lipinski definition) is 4. The third-order valence-electron chi connectivity index (χ3n) is 12.6. The van der Waals surface area contributed by atoms with Crippen LogP contribution in [0.3, 0.4) is 0 Å². The average Bonchev–Trinajstić information content (AvgIpc) is 2.98. The van der Waals surface area contributed by atoms with Gasteiger partial charge in [0.05, 0.1) is 6.04 Å². The van der Waals surface area contributed by atoms with Gasteiger partial charge in [0.25, 0.3) is 0 Å². The molecule has 0 aliphatic heterocycles. The average molecular weight is 783 g/mol. The minimum Gasteiger partial charge on any atom is -0.330 e. The van der Waals surface area contributed by atoms with Crippen molar-refractivity contribution in [3.63, 3.8) is 0 Å². The Labute approximate surface area is 342 Å². The lowest BCUT2D eigenvalue weighted by Gasteiger charge is -2.45. The van der Waals surface area contributed by atoms with Crippen molar-refractivity contribution in [3.8, 4) is 0 Å². The zero-order chi connectivity index (χ0) is 42.7. The first kappa shape index (κ1) is 50.0. The molecule has 8 atom stereocenters. The van der Waals surface area contributed by atoms with E-state index < -0.39 is 0 Å². The molecule has 0 aromatic heterocycles. The van der Waals surface area contributed by atoms with Gasteiger partial charge in [-0.15, -0.1) is 0 Å². The van der Waals surface area contributed by atoms with Gasteiger partial charge < -0.3 is 22.9 Å². The molecule has 10 heteroatoms. The van der Waals surface area contributed by atoms with Gasteiger partial charge in [0.15, 0.2) is 12.6 Å². The summed E-state index contributed by atoms with van der Waals surface area (Å²) in [5.74, 6) is 0. The minimum absolute atomic E-state index is 0.134. The van der Waals surface area contributed by atoms with Gasteiger partial charge in [0.1, 0.15) is 0 Å². The fourth-order valence-corrected chi connectivity index (χ4v) is 12.5. The summed E-state index contributed by atoms with van der Waals surface area (Å²) in [7, 11) is 0. The lowest BCUT2D eigenvalue weighted by molar-refractivity contribution is -0.122. The van der Waals surface area contributed by atoms with E-state index in [1.807, 2.05) is 24.9 Å². The van der Waals surface area contributed by atoms with E-state index in [1.54, 1.807) is 0 Å². The van der Waals surface area contributed by atoms with E-state index >= 15 is 0 Å². The minimum atomic E-state index is 0.134. The molecule has 0 amide bonds. The standard InChI is InChI=1S/C34H62N6.C10H22N2.C2H2O2/c1-29(2)14-26(35)16-32(7,20-29)23-37-10-11-38-25-34(9)19-28(18-31(5,6)22-34)40-13-12-39-24-33(8)17-27(36)15-30(3,4)21-33;1-9(2)4-8(12)5-10(3,6-9)7-11;3-1-2-4/h10-13,26-28H,14-25,35-36H2,1-9H3;8H,4-7,11-12H2,1-3H3;1-2H. The summed E-state index contributed by atoms with van der Waals surface area (Å²) >= 11 is 0. The number of aldehydes is 2. The molecule has 10 nitrogen and oxygen atoms in total. The molecule has 322 valence electrons. The third-order valence-corrected chi connectivity index (χ3v) is 12.6. The number of nitrogens with two attached hydrogens (primary N) is 4. The van der Waals surface area contributed by atoms with E-state index in [2.05, 4.69) is 83.1 Å². The van der Waals surface area contributed by atoms with E-state index in [-0.39, 0.29) is 51.7 Å². The summed E-state index contributed by atoms with van der Waals surface area (Å²) in [6.07, 6.45) is 21.5. The zero-order valence-electron chi connectivity index (χ0n) is 38.0. The highest BCUT2D eigenvalue weighted by Gasteiger charge is 2.43. The number of rotatable bonds is 11. The quantitative estimate of drug-likeness (QED) is 0.0940. The van der Waals surface area contributed by atoms with Crippen molar-refractivity contribution in [1.29, 1.82) is 0 Å². The fraction of sp³-hybridized carbons (Fsp3) is 0.870. The van der Waals surface area contributed by atoms with Crippen LogP contribution < -0.4 is 22.9 Å². The lowest BCUT2D eigenvalue weighted by Crippen LogP contribution is -2.45. The van der Waals surface area contributed by atoms with Gasteiger partial charge in [-0.2, -0.15) is 0 Å². The predicted molar refractivity (Wildman–Crippen MR) is 240 cm³/mol. The van der Waals surface area contributed by atoms with Crippen LogP contribution in [0.1, 0.15) is 160 Å². The molecular formula is C46H86N8O2. The molecule has 4 rings (SSSR count). The second kappa shape index (κ2) is 20.2. The van der Waals surface area contributed by atoms with E-state index in [0.717, 1.165) is 84.0 Å². The van der Waals surface area contributed by atoms with Crippen molar-refractivity contribution >= 4 is 37.4 Å². The van der Waals surface area contributed by atoms with Crippen molar-refractivity contribution in [3.05, 3.63) is 0 Å². The van der Waals surface area contributed by atoms with Crippen molar-refractivity contribution in [2.24, 2.45) is 86.2 Å². The molecule has 4 fully saturated rings. The topological polar surface area (TPSA) is 188 Å². The summed E-state index contributed by atoms with van der Waals surface area (Å²) in [6, 6.07) is 1.21. The maximum absolute atomic E-state index is 8.81. The Balaban J connectivity index is 0.000000562. The SMILES string of the molecule is CC1(C)CC(N)CC(C)(CN)C1.CC1(C)CC(N)CC(C)(CN=CC=NCC2(C)CC(N=CC=NCC3(C)CC(N)CC(C)(C)C3)CC(C)(C)C2)C1.O=CC=O. The van der Waals surface area contributed by atoms with E-state index in [9.17, 15) is 0 Å². The van der Waals surface area contributed by atoms with Crippen LogP contribution >= 0.6 is 0 Å². The largest absolute Gasteiger partial charge is 0.330 e. The van der Waals surface area contributed by atoms with Crippen LogP contribution in [0.4, 0.5) is 0 Å². The first-order chi connectivity index (χ1) is 25.6. The molecule has 0 bridgehead atoms. The second-order valence-corrected chi connectivity index (χ2v) is 23.4. The van der Waals surface area contributed by atoms with Crippen LogP contribution in [0.15, 0.2) is 20.0 Å². The van der Waals surface area contributed by atoms with E-state index in [1.165, 1.54) is 19.3 Å². The highest BCUT2D eigenvalue weighted by Crippen LogP contribution is 2.49. The highest BCUT2D eigenvalue weighted by atomic mass is 16.2. The van der Waals surface area contributed by atoms with Gasteiger partial charge in [-0.1, -0.05) is 83.1 Å². The van der Waals surface area contributed by atoms with Gasteiger partial charge in [-0.05, 0) is 127 Å². The molecule has 8 N–H and O–H groups in total. The first-order valence-corrected chi connectivity index (χ1v) is 21.5. The number of carbonyl (C=O) groups excluding carboxylic acids is 2. The van der Waals surface area contributed by atoms with Crippen LogP contribution in [-0.4, -0.2) is 87.8 Å². The Morgan fingerprint density at radius 3 is 1.09 bits per heavy atom. The molecular weight excluding hydrogens is 697 g/mol. The third kappa shape index (κ3) is 18.2. The maximum atomic E-state index is 8.81. The highest BCUT2D eigenvalue weighted by molar-refractivity contribution is 6.16. The van der Waals surface area contributed by atoms with Gasteiger partial charge in [0.2, 0.25) is 0 Å². The van der Waals surface area contributed by atoms with Gasteiger partial charge in [-0.25, -0.2) is 0 Å². The number of nitrogens with zero attached hydrogens (tertiary/aromatic N) is 4. The molecule has 0 aromatic rings. The molecule has 0 heterocycles. The van der Waals surface area contributed by atoms with Gasteiger partial charge >= 0.3 is 0 Å². The van der Waals surface area contributed by atoms with Crippen molar-refractivity contribution in [2.75, 3.05) is 26.2 Å². The van der Waals surface area contributed by atoms with Crippen molar-refractivity contribution in [2.45, 2.75) is 184 Å². The Kier molecular flexibility index (Phi) is 18.1. The fourth-order valence-electron chi connectivity index (χ4n) is 12.5. The molecule has 0 aromatic carbocycles. The summed E-state index contributed by atoms with van der Waals surface area (Å²) in [6.45, 7) is 31.2. The summed E-state index contributed by atoms with van der Waals surface area (Å²) in [5, 5.41) is 0. The monoisotopic (exact) mass is 783 g/mol.